The van der Waals surface area contributed by atoms with Gasteiger partial charge in [-0.1, -0.05) is 6.07 Å². The number of nitrogens with one attached hydrogen (secondary N) is 2. The van der Waals surface area contributed by atoms with Gasteiger partial charge in [0.1, 0.15) is 29.3 Å². The van der Waals surface area contributed by atoms with Gasteiger partial charge in [-0.25, -0.2) is 29.3 Å². The lowest BCUT2D eigenvalue weighted by Gasteiger charge is -2.16. The second-order valence-electron chi connectivity index (χ2n) is 6.31. The summed E-state index contributed by atoms with van der Waals surface area (Å²) in [6.45, 7) is 1.96. The third kappa shape index (κ3) is 2.64. The Morgan fingerprint density at radius 2 is 2.04 bits per heavy atom. The van der Waals surface area contributed by atoms with Crippen molar-refractivity contribution in [2.75, 3.05) is 5.32 Å². The summed E-state index contributed by atoms with van der Waals surface area (Å²) in [5, 5.41) is 3.33. The Balaban J connectivity index is 1.64. The molecule has 28 heavy (non-hydrogen) atoms. The Bertz CT molecular complexity index is 1280. The monoisotopic (exact) mass is 374 g/mol. The van der Waals surface area contributed by atoms with Crippen molar-refractivity contribution in [1.82, 2.24) is 34.5 Å². The van der Waals surface area contributed by atoms with Crippen molar-refractivity contribution in [2.45, 2.75) is 13.0 Å². The molecule has 0 saturated heterocycles. The van der Waals surface area contributed by atoms with Gasteiger partial charge in [0.05, 0.1) is 23.4 Å². The maximum atomic E-state index is 13.9. The number of benzene rings is 1. The number of aromatic amines is 1. The molecule has 4 heterocycles. The highest BCUT2D eigenvalue weighted by Crippen LogP contribution is 2.27. The van der Waals surface area contributed by atoms with Crippen LogP contribution in [0.15, 0.2) is 55.2 Å². The van der Waals surface area contributed by atoms with Crippen LogP contribution >= 0.6 is 0 Å². The van der Waals surface area contributed by atoms with E-state index >= 15 is 0 Å². The first-order valence-corrected chi connectivity index (χ1v) is 8.70. The highest BCUT2D eigenvalue weighted by Gasteiger charge is 2.20. The molecule has 5 rings (SSSR count). The van der Waals surface area contributed by atoms with Crippen molar-refractivity contribution in [2.24, 2.45) is 0 Å². The summed E-state index contributed by atoms with van der Waals surface area (Å²) in [4.78, 5) is 24.8. The molecule has 138 valence electrons. The molecule has 1 aromatic carbocycles. The average molecular weight is 374 g/mol. The van der Waals surface area contributed by atoms with Crippen molar-refractivity contribution in [3.63, 3.8) is 0 Å². The summed E-state index contributed by atoms with van der Waals surface area (Å²) in [6, 6.07) is 9.84. The molecule has 5 aromatic rings. The molecule has 0 aliphatic carbocycles. The number of H-pyrrole nitrogens is 1. The quantitative estimate of drug-likeness (QED) is 0.500. The number of pyridine rings is 1. The molecule has 8 nitrogen and oxygen atoms in total. The third-order valence-corrected chi connectivity index (χ3v) is 4.48. The van der Waals surface area contributed by atoms with Crippen LogP contribution < -0.4 is 5.32 Å². The van der Waals surface area contributed by atoms with Crippen molar-refractivity contribution in [1.29, 1.82) is 0 Å². The number of fused-ring (bicyclic) bond motifs is 2. The fraction of sp³-hybridized carbons (Fsp3) is 0.105. The highest BCUT2D eigenvalue weighted by molar-refractivity contribution is 5.82. The van der Waals surface area contributed by atoms with E-state index in [-0.39, 0.29) is 11.9 Å². The smallest absolute Gasteiger partial charge is 0.162 e. The van der Waals surface area contributed by atoms with Gasteiger partial charge in [-0.05, 0) is 31.2 Å². The lowest BCUT2D eigenvalue weighted by Crippen LogP contribution is -2.14. The Hall–Kier alpha value is -3.88. The van der Waals surface area contributed by atoms with E-state index in [1.807, 2.05) is 29.7 Å². The molecular weight excluding hydrogens is 359 g/mol. The summed E-state index contributed by atoms with van der Waals surface area (Å²) >= 11 is 0. The summed E-state index contributed by atoms with van der Waals surface area (Å²) < 4.78 is 15.8. The second kappa shape index (κ2) is 6.38. The molecule has 0 radical (unpaired) electrons. The Morgan fingerprint density at radius 3 is 2.89 bits per heavy atom. The van der Waals surface area contributed by atoms with Crippen LogP contribution in [-0.2, 0) is 0 Å². The van der Waals surface area contributed by atoms with Crippen LogP contribution in [0.5, 0.6) is 0 Å². The van der Waals surface area contributed by atoms with E-state index in [0.29, 0.717) is 39.7 Å². The van der Waals surface area contributed by atoms with Crippen LogP contribution in [0, 0.1) is 5.82 Å². The van der Waals surface area contributed by atoms with E-state index in [9.17, 15) is 4.39 Å². The molecule has 0 saturated carbocycles. The number of hydrogen-bond acceptors (Lipinski definition) is 6. The van der Waals surface area contributed by atoms with E-state index in [2.05, 4.69) is 30.2 Å². The number of imidazole rings is 2. The number of hydrogen-bond donors (Lipinski definition) is 2. The average Bonchev–Trinajstić information content (AvgIpc) is 3.33. The maximum Gasteiger partial charge on any atom is 0.162 e. The van der Waals surface area contributed by atoms with Crippen molar-refractivity contribution >= 4 is 28.0 Å². The van der Waals surface area contributed by atoms with Crippen molar-refractivity contribution in [3.05, 3.63) is 66.9 Å². The van der Waals surface area contributed by atoms with E-state index in [1.165, 1.54) is 18.5 Å². The zero-order valence-corrected chi connectivity index (χ0v) is 14.8. The van der Waals surface area contributed by atoms with Gasteiger partial charge in [0.2, 0.25) is 0 Å². The van der Waals surface area contributed by atoms with Gasteiger partial charge in [0.15, 0.2) is 11.5 Å². The second-order valence-corrected chi connectivity index (χ2v) is 6.31. The summed E-state index contributed by atoms with van der Waals surface area (Å²) in [5.74, 6) is 1.60. The molecule has 1 unspecified atom stereocenters. The first kappa shape index (κ1) is 16.3. The maximum absolute atomic E-state index is 13.9. The number of nitrogens with zero attached hydrogens (tertiary/aromatic N) is 6. The minimum atomic E-state index is -0.328. The minimum Gasteiger partial charge on any atom is -0.358 e. The van der Waals surface area contributed by atoms with E-state index in [4.69, 9.17) is 4.98 Å². The Labute approximate surface area is 158 Å². The lowest BCUT2D eigenvalue weighted by molar-refractivity contribution is 0.629. The molecular formula is C19H15FN8. The topological polar surface area (TPSA) is 97.2 Å². The highest BCUT2D eigenvalue weighted by atomic mass is 19.1. The van der Waals surface area contributed by atoms with Crippen LogP contribution in [-0.4, -0.2) is 34.5 Å². The SMILES string of the molecule is CC(Nc1ncnc2[nH]cnc12)c1nc2ccc(F)cc2n1-c1ccccn1. The summed E-state index contributed by atoms with van der Waals surface area (Å²) in [6.07, 6.45) is 4.73. The Kier molecular flexibility index (Phi) is 3.71. The molecule has 2 N–H and O–H groups in total. The normalized spacial score (nSPS) is 12.5. The molecule has 0 spiro atoms. The van der Waals surface area contributed by atoms with Crippen LogP contribution in [0.25, 0.3) is 28.0 Å². The van der Waals surface area contributed by atoms with Gasteiger partial charge in [0, 0.05) is 12.3 Å². The van der Waals surface area contributed by atoms with Gasteiger partial charge in [-0.3, -0.25) is 4.57 Å². The van der Waals surface area contributed by atoms with Gasteiger partial charge in [-0.15, -0.1) is 0 Å². The van der Waals surface area contributed by atoms with E-state index in [0.717, 1.165) is 0 Å². The molecule has 9 heteroatoms. The van der Waals surface area contributed by atoms with Crippen LogP contribution in [0.4, 0.5) is 10.2 Å². The molecule has 0 fully saturated rings. The molecule has 0 bridgehead atoms. The predicted octanol–water partition coefficient (Wildman–Crippen LogP) is 3.40. The Morgan fingerprint density at radius 1 is 1.11 bits per heavy atom. The lowest BCUT2D eigenvalue weighted by atomic mass is 10.3. The number of aromatic nitrogens is 7. The molecule has 0 amide bonds. The first-order chi connectivity index (χ1) is 13.7. The third-order valence-electron chi connectivity index (χ3n) is 4.48. The minimum absolute atomic E-state index is 0.257. The van der Waals surface area contributed by atoms with Crippen LogP contribution in [0.1, 0.15) is 18.8 Å². The van der Waals surface area contributed by atoms with Crippen molar-refractivity contribution in [3.8, 4) is 5.82 Å². The van der Waals surface area contributed by atoms with Crippen LogP contribution in [0.3, 0.4) is 0 Å². The van der Waals surface area contributed by atoms with Gasteiger partial charge in [-0.2, -0.15) is 0 Å². The van der Waals surface area contributed by atoms with Crippen molar-refractivity contribution < 1.29 is 4.39 Å². The van der Waals surface area contributed by atoms with Gasteiger partial charge >= 0.3 is 0 Å². The van der Waals surface area contributed by atoms with E-state index in [1.54, 1.807) is 18.6 Å². The molecule has 4 aromatic heterocycles. The fourth-order valence-corrected chi connectivity index (χ4v) is 3.22. The molecule has 0 aliphatic rings. The summed E-state index contributed by atoms with van der Waals surface area (Å²) in [5.41, 5.74) is 2.61. The predicted molar refractivity (Wildman–Crippen MR) is 103 cm³/mol. The summed E-state index contributed by atoms with van der Waals surface area (Å²) in [7, 11) is 0. The largest absolute Gasteiger partial charge is 0.358 e. The standard InChI is InChI=1S/C19H15FN8/c1-11(26-18-16-17(23-9-22-16)24-10-25-18)19-27-13-6-5-12(20)8-14(13)28(19)15-4-2-3-7-21-15/h2-11H,1H3,(H2,22,23,24,25,26). The number of anilines is 1. The number of halogens is 1. The number of rotatable bonds is 4. The van der Waals surface area contributed by atoms with Gasteiger partial charge in [0.25, 0.3) is 0 Å². The zero-order valence-electron chi connectivity index (χ0n) is 14.8. The molecule has 1 atom stereocenters. The van der Waals surface area contributed by atoms with Crippen LogP contribution in [0.2, 0.25) is 0 Å². The van der Waals surface area contributed by atoms with E-state index < -0.39 is 0 Å². The molecule has 0 aliphatic heterocycles. The first-order valence-electron chi connectivity index (χ1n) is 8.70. The van der Waals surface area contributed by atoms with Gasteiger partial charge < -0.3 is 10.3 Å². The fourth-order valence-electron chi connectivity index (χ4n) is 3.22. The zero-order chi connectivity index (χ0) is 19.1.